The summed E-state index contributed by atoms with van der Waals surface area (Å²) in [5, 5.41) is 4.01. The molecule has 4 nitrogen and oxygen atoms in total. The lowest BCUT2D eigenvalue weighted by atomic mass is 9.90. The molecule has 2 unspecified atom stereocenters. The minimum Gasteiger partial charge on any atom is -0.316 e. The molecular formula is C13H16Cl2N2O2S. The first kappa shape index (κ1) is 14.6. The average Bonchev–Trinajstić information content (AvgIpc) is 2.84. The number of hydrogen-bond acceptors (Lipinski definition) is 3. The van der Waals surface area contributed by atoms with Crippen LogP contribution in [-0.2, 0) is 10.0 Å². The molecule has 2 atom stereocenters. The molecule has 3 rings (SSSR count). The average molecular weight is 335 g/mol. The van der Waals surface area contributed by atoms with Crippen LogP contribution in [0.5, 0.6) is 0 Å². The van der Waals surface area contributed by atoms with Gasteiger partial charge in [-0.05, 0) is 49.5 Å². The highest BCUT2D eigenvalue weighted by molar-refractivity contribution is 7.89. The van der Waals surface area contributed by atoms with E-state index in [-0.39, 0.29) is 4.90 Å². The molecule has 7 heteroatoms. The van der Waals surface area contributed by atoms with Gasteiger partial charge in [0, 0.05) is 23.1 Å². The van der Waals surface area contributed by atoms with Gasteiger partial charge in [-0.2, -0.15) is 4.31 Å². The minimum atomic E-state index is -3.51. The molecule has 0 amide bonds. The molecule has 0 spiro atoms. The zero-order chi connectivity index (χ0) is 14.3. The molecule has 2 fully saturated rings. The Labute approximate surface area is 129 Å². The summed E-state index contributed by atoms with van der Waals surface area (Å²) in [4.78, 5) is 0.180. The third-order valence-corrected chi connectivity index (χ3v) is 6.42. The van der Waals surface area contributed by atoms with Gasteiger partial charge in [-0.25, -0.2) is 8.42 Å². The fraction of sp³-hybridized carbons (Fsp3) is 0.538. The van der Waals surface area contributed by atoms with Crippen molar-refractivity contribution in [3.8, 4) is 0 Å². The normalized spacial score (nSPS) is 27.5. The van der Waals surface area contributed by atoms with Crippen LogP contribution < -0.4 is 5.32 Å². The van der Waals surface area contributed by atoms with E-state index in [0.29, 0.717) is 35.0 Å². The molecule has 2 aliphatic rings. The van der Waals surface area contributed by atoms with E-state index in [2.05, 4.69) is 5.32 Å². The second-order valence-electron chi connectivity index (χ2n) is 5.44. The van der Waals surface area contributed by atoms with E-state index in [1.807, 2.05) is 0 Å². The molecule has 0 aromatic heterocycles. The molecule has 1 aromatic rings. The molecular weight excluding hydrogens is 319 g/mol. The van der Waals surface area contributed by atoms with Gasteiger partial charge in [-0.3, -0.25) is 0 Å². The number of nitrogens with one attached hydrogen (secondary N) is 1. The highest BCUT2D eigenvalue weighted by Crippen LogP contribution is 2.31. The Bertz CT molecular complexity index is 601. The van der Waals surface area contributed by atoms with Crippen LogP contribution in [0.1, 0.15) is 6.42 Å². The van der Waals surface area contributed by atoms with Crippen molar-refractivity contribution in [3.05, 3.63) is 28.2 Å². The molecule has 1 aromatic carbocycles. The van der Waals surface area contributed by atoms with Crippen LogP contribution in [0.25, 0.3) is 0 Å². The van der Waals surface area contributed by atoms with Crippen molar-refractivity contribution in [2.24, 2.45) is 11.8 Å². The van der Waals surface area contributed by atoms with E-state index in [0.717, 1.165) is 19.5 Å². The van der Waals surface area contributed by atoms with Gasteiger partial charge in [-0.1, -0.05) is 23.2 Å². The van der Waals surface area contributed by atoms with E-state index in [1.165, 1.54) is 18.2 Å². The van der Waals surface area contributed by atoms with Crippen LogP contribution in [0.3, 0.4) is 0 Å². The third-order valence-electron chi connectivity index (χ3n) is 4.14. The van der Waals surface area contributed by atoms with Gasteiger partial charge in [0.1, 0.15) is 0 Å². The minimum absolute atomic E-state index is 0.180. The molecule has 110 valence electrons. The van der Waals surface area contributed by atoms with Crippen molar-refractivity contribution in [1.82, 2.24) is 9.62 Å². The highest BCUT2D eigenvalue weighted by atomic mass is 35.5. The largest absolute Gasteiger partial charge is 0.316 e. The monoisotopic (exact) mass is 334 g/mol. The summed E-state index contributed by atoms with van der Waals surface area (Å²) in [6.07, 6.45) is 0.908. The number of benzene rings is 1. The summed E-state index contributed by atoms with van der Waals surface area (Å²) in [5.41, 5.74) is 0. The van der Waals surface area contributed by atoms with Crippen molar-refractivity contribution >= 4 is 33.2 Å². The van der Waals surface area contributed by atoms with Crippen LogP contribution in [0, 0.1) is 11.8 Å². The number of nitrogens with zero attached hydrogens (tertiary/aromatic N) is 1. The highest BCUT2D eigenvalue weighted by Gasteiger charge is 2.37. The number of fused-ring (bicyclic) bond motifs is 1. The number of piperidine rings is 1. The summed E-state index contributed by atoms with van der Waals surface area (Å²) < 4.78 is 26.9. The maximum Gasteiger partial charge on any atom is 0.243 e. The quantitative estimate of drug-likeness (QED) is 0.902. The van der Waals surface area contributed by atoms with Crippen molar-refractivity contribution < 1.29 is 8.42 Å². The number of halogens is 2. The zero-order valence-electron chi connectivity index (χ0n) is 10.9. The predicted molar refractivity (Wildman–Crippen MR) is 79.7 cm³/mol. The van der Waals surface area contributed by atoms with E-state index in [4.69, 9.17) is 23.2 Å². The first-order chi connectivity index (χ1) is 9.46. The second-order valence-corrected chi connectivity index (χ2v) is 8.25. The fourth-order valence-electron chi connectivity index (χ4n) is 3.05. The van der Waals surface area contributed by atoms with E-state index < -0.39 is 10.0 Å². The molecule has 0 saturated carbocycles. The molecule has 2 saturated heterocycles. The number of sulfonamides is 1. The summed E-state index contributed by atoms with van der Waals surface area (Å²) in [7, 11) is -3.51. The first-order valence-corrected chi connectivity index (χ1v) is 8.83. The molecule has 0 radical (unpaired) electrons. The summed E-state index contributed by atoms with van der Waals surface area (Å²) in [6.45, 7) is 3.04. The lowest BCUT2D eigenvalue weighted by Gasteiger charge is -2.33. The lowest BCUT2D eigenvalue weighted by Crippen LogP contribution is -2.43. The standard InChI is InChI=1S/C13H16Cl2N2O2S/c14-11-3-12(15)5-13(4-11)20(18,19)17-2-1-9-6-16-7-10(9)8-17/h3-5,9-10,16H,1-2,6-8H2. The molecule has 20 heavy (non-hydrogen) atoms. The maximum atomic E-state index is 12.7. The first-order valence-electron chi connectivity index (χ1n) is 6.64. The van der Waals surface area contributed by atoms with Gasteiger partial charge < -0.3 is 5.32 Å². The molecule has 2 aliphatic heterocycles. The Kier molecular flexibility index (Phi) is 3.99. The van der Waals surface area contributed by atoms with E-state index in [9.17, 15) is 8.42 Å². The van der Waals surface area contributed by atoms with Crippen LogP contribution in [0.2, 0.25) is 10.0 Å². The molecule has 1 N–H and O–H groups in total. The van der Waals surface area contributed by atoms with Crippen LogP contribution in [-0.4, -0.2) is 38.9 Å². The molecule has 0 aliphatic carbocycles. The van der Waals surface area contributed by atoms with Crippen molar-refractivity contribution in [2.45, 2.75) is 11.3 Å². The summed E-state index contributed by atoms with van der Waals surface area (Å²) in [5.74, 6) is 1.01. The zero-order valence-corrected chi connectivity index (χ0v) is 13.2. The van der Waals surface area contributed by atoms with Gasteiger partial charge in [-0.15, -0.1) is 0 Å². The summed E-state index contributed by atoms with van der Waals surface area (Å²) >= 11 is 11.8. The maximum absolute atomic E-state index is 12.7. The Morgan fingerprint density at radius 2 is 1.75 bits per heavy atom. The van der Waals surface area contributed by atoms with Gasteiger partial charge in [0.2, 0.25) is 10.0 Å². The van der Waals surface area contributed by atoms with Crippen LogP contribution in [0.4, 0.5) is 0 Å². The molecule has 0 bridgehead atoms. The second kappa shape index (κ2) is 5.46. The van der Waals surface area contributed by atoms with Crippen molar-refractivity contribution in [2.75, 3.05) is 26.2 Å². The topological polar surface area (TPSA) is 49.4 Å². The lowest BCUT2D eigenvalue weighted by molar-refractivity contribution is 0.228. The van der Waals surface area contributed by atoms with Crippen molar-refractivity contribution in [1.29, 1.82) is 0 Å². The number of rotatable bonds is 2. The van der Waals surface area contributed by atoms with Gasteiger partial charge >= 0.3 is 0 Å². The van der Waals surface area contributed by atoms with Gasteiger partial charge in [0.15, 0.2) is 0 Å². The van der Waals surface area contributed by atoms with Gasteiger partial charge in [0.25, 0.3) is 0 Å². The van der Waals surface area contributed by atoms with Gasteiger partial charge in [0.05, 0.1) is 4.90 Å². The smallest absolute Gasteiger partial charge is 0.243 e. The Hall–Kier alpha value is -0.330. The Morgan fingerprint density at radius 3 is 2.45 bits per heavy atom. The van der Waals surface area contributed by atoms with E-state index in [1.54, 1.807) is 4.31 Å². The van der Waals surface area contributed by atoms with Crippen LogP contribution in [0.15, 0.2) is 23.1 Å². The van der Waals surface area contributed by atoms with E-state index >= 15 is 0 Å². The fourth-order valence-corrected chi connectivity index (χ4v) is 5.29. The summed E-state index contributed by atoms with van der Waals surface area (Å²) in [6, 6.07) is 4.46. The van der Waals surface area contributed by atoms with Crippen molar-refractivity contribution in [3.63, 3.8) is 0 Å². The van der Waals surface area contributed by atoms with Crippen LogP contribution >= 0.6 is 23.2 Å². The Balaban J connectivity index is 1.88. The molecule has 2 heterocycles. The SMILES string of the molecule is O=S(=O)(c1cc(Cl)cc(Cl)c1)N1CCC2CNCC2C1. The number of hydrogen-bond donors (Lipinski definition) is 1. The predicted octanol–water partition coefficient (Wildman–Crippen LogP) is 2.22. The Morgan fingerprint density at radius 1 is 1.10 bits per heavy atom. The third kappa shape index (κ3) is 2.70.